The van der Waals surface area contributed by atoms with Crippen LogP contribution in [0.2, 0.25) is 0 Å². The molecule has 3 N–H and O–H groups in total. The highest BCUT2D eigenvalue weighted by Crippen LogP contribution is 2.06. The summed E-state index contributed by atoms with van der Waals surface area (Å²) in [5, 5.41) is 2.87. The van der Waals surface area contributed by atoms with Crippen molar-refractivity contribution in [2.75, 3.05) is 26.2 Å². The monoisotopic (exact) mass is 253 g/mol. The predicted molar refractivity (Wildman–Crippen MR) is 71.3 cm³/mol. The first-order valence-electron chi connectivity index (χ1n) is 6.49. The summed E-state index contributed by atoms with van der Waals surface area (Å²) in [6.45, 7) is 8.38. The summed E-state index contributed by atoms with van der Waals surface area (Å²) in [5.74, 6) is 0.529. The minimum absolute atomic E-state index is 0.0991. The third-order valence-corrected chi connectivity index (χ3v) is 2.95. The number of hydrogen-bond donors (Lipinski definition) is 2. The van der Waals surface area contributed by atoms with Crippen molar-refractivity contribution in [2.24, 2.45) is 5.73 Å². The highest BCUT2D eigenvalue weighted by atomic mass is 16.3. The number of furan rings is 1. The van der Waals surface area contributed by atoms with Crippen LogP contribution in [0.3, 0.4) is 0 Å². The van der Waals surface area contributed by atoms with Crippen molar-refractivity contribution in [3.8, 4) is 0 Å². The van der Waals surface area contributed by atoms with Gasteiger partial charge in [-0.15, -0.1) is 0 Å². The van der Waals surface area contributed by atoms with Gasteiger partial charge in [-0.3, -0.25) is 4.79 Å². The van der Waals surface area contributed by atoms with Crippen molar-refractivity contribution < 1.29 is 9.21 Å². The molecule has 5 nitrogen and oxygen atoms in total. The lowest BCUT2D eigenvalue weighted by atomic mass is 10.3. The molecule has 5 heteroatoms. The van der Waals surface area contributed by atoms with Crippen molar-refractivity contribution in [1.82, 2.24) is 10.2 Å². The fourth-order valence-corrected chi connectivity index (χ4v) is 1.75. The first-order chi connectivity index (χ1) is 8.71. The Hall–Kier alpha value is -1.33. The Morgan fingerprint density at radius 3 is 2.72 bits per heavy atom. The zero-order valence-electron chi connectivity index (χ0n) is 11.2. The van der Waals surface area contributed by atoms with Gasteiger partial charge in [0.05, 0.1) is 12.1 Å². The molecule has 1 aromatic heterocycles. The zero-order valence-corrected chi connectivity index (χ0v) is 11.2. The molecule has 0 fully saturated rings. The van der Waals surface area contributed by atoms with Gasteiger partial charge in [-0.25, -0.2) is 0 Å². The fraction of sp³-hybridized carbons (Fsp3) is 0.615. The summed E-state index contributed by atoms with van der Waals surface area (Å²) < 4.78 is 5.12. The van der Waals surface area contributed by atoms with Crippen LogP contribution in [0.25, 0.3) is 0 Å². The number of carbonyl (C=O) groups excluding carboxylic acids is 1. The summed E-state index contributed by atoms with van der Waals surface area (Å²) in [6, 6.07) is 1.68. The number of nitrogens with two attached hydrogens (primary N) is 1. The predicted octanol–water partition coefficient (Wildman–Crippen LogP) is 1.20. The van der Waals surface area contributed by atoms with Gasteiger partial charge in [0.1, 0.15) is 12.0 Å². The van der Waals surface area contributed by atoms with Gasteiger partial charge in [0, 0.05) is 6.54 Å². The maximum atomic E-state index is 11.7. The molecule has 1 aromatic rings. The summed E-state index contributed by atoms with van der Waals surface area (Å²) >= 11 is 0. The van der Waals surface area contributed by atoms with E-state index in [1.165, 1.54) is 6.26 Å². The van der Waals surface area contributed by atoms with Gasteiger partial charge in [0.15, 0.2) is 0 Å². The molecule has 0 radical (unpaired) electrons. The Balaban J connectivity index is 2.25. The smallest absolute Gasteiger partial charge is 0.254 e. The second kappa shape index (κ2) is 7.89. The summed E-state index contributed by atoms with van der Waals surface area (Å²) in [5.41, 5.74) is 5.96. The Morgan fingerprint density at radius 1 is 1.44 bits per heavy atom. The van der Waals surface area contributed by atoms with Crippen LogP contribution in [0.1, 0.15) is 36.4 Å². The van der Waals surface area contributed by atoms with Crippen molar-refractivity contribution in [1.29, 1.82) is 0 Å². The summed E-state index contributed by atoms with van der Waals surface area (Å²) in [4.78, 5) is 14.1. The number of nitrogens with zero attached hydrogens (tertiary/aromatic N) is 1. The van der Waals surface area contributed by atoms with E-state index in [0.717, 1.165) is 26.1 Å². The largest absolute Gasteiger partial charge is 0.467 e. The minimum atomic E-state index is -0.0991. The molecule has 0 aliphatic rings. The summed E-state index contributed by atoms with van der Waals surface area (Å²) in [6.07, 6.45) is 2.40. The van der Waals surface area contributed by atoms with Gasteiger partial charge in [0.2, 0.25) is 0 Å². The molecule has 0 saturated carbocycles. The van der Waals surface area contributed by atoms with E-state index in [4.69, 9.17) is 10.2 Å². The molecule has 0 bridgehead atoms. The van der Waals surface area contributed by atoms with E-state index in [9.17, 15) is 4.79 Å². The highest BCUT2D eigenvalue weighted by Gasteiger charge is 2.08. The third kappa shape index (κ3) is 4.50. The van der Waals surface area contributed by atoms with Crippen LogP contribution in [0, 0.1) is 0 Å². The van der Waals surface area contributed by atoms with Crippen LogP contribution in [-0.2, 0) is 6.54 Å². The molecule has 0 aromatic carbocycles. The van der Waals surface area contributed by atoms with E-state index < -0.39 is 0 Å². The van der Waals surface area contributed by atoms with Crippen molar-refractivity contribution in [2.45, 2.75) is 26.8 Å². The normalized spacial score (nSPS) is 10.9. The Morgan fingerprint density at radius 2 is 2.17 bits per heavy atom. The lowest BCUT2D eigenvalue weighted by Gasteiger charge is -2.17. The molecule has 0 saturated heterocycles. The molecule has 0 atom stereocenters. The molecule has 18 heavy (non-hydrogen) atoms. The average Bonchev–Trinajstić information content (AvgIpc) is 2.87. The topological polar surface area (TPSA) is 71.5 Å². The zero-order chi connectivity index (χ0) is 13.4. The Bertz CT molecular complexity index is 359. The van der Waals surface area contributed by atoms with Crippen LogP contribution in [0.4, 0.5) is 0 Å². The highest BCUT2D eigenvalue weighted by molar-refractivity contribution is 5.93. The average molecular weight is 253 g/mol. The number of hydrogen-bond acceptors (Lipinski definition) is 4. The third-order valence-electron chi connectivity index (χ3n) is 2.95. The molecule has 1 amide bonds. The number of amides is 1. The van der Waals surface area contributed by atoms with Crippen LogP contribution < -0.4 is 11.1 Å². The van der Waals surface area contributed by atoms with E-state index in [1.807, 2.05) is 0 Å². The first-order valence-corrected chi connectivity index (χ1v) is 6.49. The number of carbonyl (C=O) groups is 1. The van der Waals surface area contributed by atoms with Crippen LogP contribution in [0.15, 0.2) is 16.7 Å². The first kappa shape index (κ1) is 14.7. The quantitative estimate of drug-likeness (QED) is 0.683. The molecule has 1 rings (SSSR count). The Kier molecular flexibility index (Phi) is 6.46. The van der Waals surface area contributed by atoms with Gasteiger partial charge in [-0.2, -0.15) is 0 Å². The second-order valence-electron chi connectivity index (χ2n) is 4.14. The van der Waals surface area contributed by atoms with Gasteiger partial charge in [-0.05, 0) is 32.1 Å². The van der Waals surface area contributed by atoms with Crippen molar-refractivity contribution in [3.05, 3.63) is 23.7 Å². The summed E-state index contributed by atoms with van der Waals surface area (Å²) in [7, 11) is 0. The van der Waals surface area contributed by atoms with Gasteiger partial charge in [0.25, 0.3) is 5.91 Å². The van der Waals surface area contributed by atoms with E-state index in [2.05, 4.69) is 24.1 Å². The van der Waals surface area contributed by atoms with Crippen LogP contribution in [0.5, 0.6) is 0 Å². The van der Waals surface area contributed by atoms with Gasteiger partial charge >= 0.3 is 0 Å². The SMILES string of the molecule is CCN(CC)CCCNC(=O)c1coc(CN)c1. The molecule has 0 unspecified atom stereocenters. The number of rotatable bonds is 8. The molecule has 0 aliphatic carbocycles. The lowest BCUT2D eigenvalue weighted by Crippen LogP contribution is -2.29. The standard InChI is InChI=1S/C13H23N3O2/c1-3-16(4-2)7-5-6-15-13(17)11-8-12(9-14)18-10-11/h8,10H,3-7,9,14H2,1-2H3,(H,15,17). The van der Waals surface area contributed by atoms with Gasteiger partial charge < -0.3 is 20.4 Å². The van der Waals surface area contributed by atoms with Crippen LogP contribution in [-0.4, -0.2) is 37.0 Å². The molecular weight excluding hydrogens is 230 g/mol. The Labute approximate surface area is 108 Å². The van der Waals surface area contributed by atoms with E-state index in [1.54, 1.807) is 6.07 Å². The maximum Gasteiger partial charge on any atom is 0.254 e. The minimum Gasteiger partial charge on any atom is -0.467 e. The molecule has 1 heterocycles. The van der Waals surface area contributed by atoms with Crippen molar-refractivity contribution >= 4 is 5.91 Å². The molecule has 102 valence electrons. The fourth-order valence-electron chi connectivity index (χ4n) is 1.75. The molecule has 0 aliphatic heterocycles. The number of nitrogens with one attached hydrogen (secondary N) is 1. The molecular formula is C13H23N3O2. The maximum absolute atomic E-state index is 11.7. The van der Waals surface area contributed by atoms with E-state index in [-0.39, 0.29) is 5.91 Å². The van der Waals surface area contributed by atoms with Crippen LogP contribution >= 0.6 is 0 Å². The van der Waals surface area contributed by atoms with Gasteiger partial charge in [-0.1, -0.05) is 13.8 Å². The second-order valence-corrected chi connectivity index (χ2v) is 4.14. The van der Waals surface area contributed by atoms with E-state index in [0.29, 0.717) is 24.4 Å². The van der Waals surface area contributed by atoms with E-state index >= 15 is 0 Å². The van der Waals surface area contributed by atoms with Crippen molar-refractivity contribution in [3.63, 3.8) is 0 Å². The molecule has 0 spiro atoms. The lowest BCUT2D eigenvalue weighted by molar-refractivity contribution is 0.0951.